The number of anilines is 2. The van der Waals surface area contributed by atoms with Crippen molar-refractivity contribution in [1.29, 1.82) is 0 Å². The van der Waals surface area contributed by atoms with E-state index in [1.807, 2.05) is 0 Å². The van der Waals surface area contributed by atoms with E-state index in [9.17, 15) is 23.5 Å². The van der Waals surface area contributed by atoms with Gasteiger partial charge in [0, 0.05) is 17.3 Å². The van der Waals surface area contributed by atoms with Crippen molar-refractivity contribution in [3.05, 3.63) is 88.7 Å². The van der Waals surface area contributed by atoms with Crippen molar-refractivity contribution in [2.24, 2.45) is 0 Å². The fourth-order valence-corrected chi connectivity index (χ4v) is 3.81. The summed E-state index contributed by atoms with van der Waals surface area (Å²) in [6.07, 6.45) is 4.47. The largest absolute Gasteiger partial charge is 0.422 e. The number of cyclic esters (lactones) is 1. The van der Waals surface area contributed by atoms with Gasteiger partial charge >= 0.3 is 5.97 Å². The molecule has 31 heavy (non-hydrogen) atoms. The molecule has 0 fully saturated rings. The first kappa shape index (κ1) is 19.1. The van der Waals surface area contributed by atoms with Crippen LogP contribution in [0.15, 0.2) is 54.9 Å². The number of pyridine rings is 1. The fraction of sp³-hybridized carbons (Fsp3) is 0.0870. The van der Waals surface area contributed by atoms with Crippen LogP contribution in [-0.4, -0.2) is 22.0 Å². The van der Waals surface area contributed by atoms with Crippen molar-refractivity contribution in [3.63, 3.8) is 0 Å². The molecule has 0 aliphatic carbocycles. The van der Waals surface area contributed by atoms with Crippen LogP contribution in [0, 0.1) is 11.6 Å². The second-order valence-corrected chi connectivity index (χ2v) is 7.44. The van der Waals surface area contributed by atoms with Crippen LogP contribution >= 0.6 is 0 Å². The first-order chi connectivity index (χ1) is 14.8. The third kappa shape index (κ3) is 2.91. The highest BCUT2D eigenvalue weighted by Crippen LogP contribution is 2.44. The van der Waals surface area contributed by atoms with Crippen molar-refractivity contribution in [3.8, 4) is 0 Å². The van der Waals surface area contributed by atoms with Gasteiger partial charge in [-0.15, -0.1) is 0 Å². The van der Waals surface area contributed by atoms with Gasteiger partial charge in [0.2, 0.25) is 0 Å². The van der Waals surface area contributed by atoms with Gasteiger partial charge < -0.3 is 9.84 Å². The van der Waals surface area contributed by atoms with Gasteiger partial charge in [-0.2, -0.15) is 0 Å². The molecular formula is C23H14F2N2O4. The zero-order chi connectivity index (χ0) is 21.9. The predicted octanol–water partition coefficient (Wildman–Crippen LogP) is 3.91. The fourth-order valence-electron chi connectivity index (χ4n) is 3.81. The highest BCUT2D eigenvalue weighted by Gasteiger charge is 2.47. The summed E-state index contributed by atoms with van der Waals surface area (Å²) < 4.78 is 32.4. The van der Waals surface area contributed by atoms with Crippen molar-refractivity contribution in [2.45, 2.75) is 12.5 Å². The third-order valence-corrected chi connectivity index (χ3v) is 5.31. The normalized spacial score (nSPS) is 20.8. The van der Waals surface area contributed by atoms with Gasteiger partial charge in [0.25, 0.3) is 5.91 Å². The number of fused-ring (bicyclic) bond motifs is 2. The van der Waals surface area contributed by atoms with Crippen LogP contribution in [0.5, 0.6) is 0 Å². The third-order valence-electron chi connectivity index (χ3n) is 5.31. The van der Waals surface area contributed by atoms with E-state index >= 15 is 0 Å². The Morgan fingerprint density at radius 1 is 1.03 bits per heavy atom. The molecule has 1 amide bonds. The van der Waals surface area contributed by atoms with Crippen molar-refractivity contribution >= 4 is 35.1 Å². The number of carbonyl (C=O) groups excluding carboxylic acids is 2. The number of amides is 1. The summed E-state index contributed by atoms with van der Waals surface area (Å²) in [5.74, 6) is -2.20. The van der Waals surface area contributed by atoms with Gasteiger partial charge in [-0.3, -0.25) is 14.7 Å². The lowest BCUT2D eigenvalue weighted by Gasteiger charge is -2.19. The summed E-state index contributed by atoms with van der Waals surface area (Å²) in [7, 11) is 0. The van der Waals surface area contributed by atoms with Crippen LogP contribution < -0.4 is 4.90 Å². The van der Waals surface area contributed by atoms with Crippen LogP contribution in [0.25, 0.3) is 11.8 Å². The Balaban J connectivity index is 1.57. The Kier molecular flexibility index (Phi) is 4.03. The zero-order valence-corrected chi connectivity index (χ0v) is 16.1. The van der Waals surface area contributed by atoms with Gasteiger partial charge in [-0.25, -0.2) is 13.6 Å². The van der Waals surface area contributed by atoms with E-state index in [0.717, 1.165) is 12.1 Å². The first-order valence-electron chi connectivity index (χ1n) is 9.31. The molecule has 5 rings (SSSR count). The molecule has 1 N–H and O–H groups in total. The summed E-state index contributed by atoms with van der Waals surface area (Å²) in [6, 6.07) is 9.14. The van der Waals surface area contributed by atoms with E-state index in [2.05, 4.69) is 4.98 Å². The number of aromatic nitrogens is 1. The SMILES string of the molecule is CC1(O)C(=O)N(c2cncc(C=C3OC(=O)c4cc(F)ccc43)c2)c2ccc(F)cc21. The summed E-state index contributed by atoms with van der Waals surface area (Å²) in [6.45, 7) is 1.31. The molecule has 0 saturated heterocycles. The quantitative estimate of drug-likeness (QED) is 0.636. The van der Waals surface area contributed by atoms with E-state index in [1.165, 1.54) is 48.5 Å². The number of ether oxygens (including phenoxy) is 1. The Morgan fingerprint density at radius 2 is 1.77 bits per heavy atom. The molecule has 2 aliphatic rings. The van der Waals surface area contributed by atoms with Crippen molar-refractivity contribution in [2.75, 3.05) is 4.90 Å². The Morgan fingerprint density at radius 3 is 2.58 bits per heavy atom. The lowest BCUT2D eigenvalue weighted by atomic mass is 9.98. The molecule has 154 valence electrons. The highest BCUT2D eigenvalue weighted by molar-refractivity contribution is 6.12. The maximum absolute atomic E-state index is 13.7. The van der Waals surface area contributed by atoms with Crippen LogP contribution in [0.4, 0.5) is 20.2 Å². The van der Waals surface area contributed by atoms with Gasteiger partial charge in [0.1, 0.15) is 17.4 Å². The van der Waals surface area contributed by atoms with Crippen LogP contribution in [0.2, 0.25) is 0 Å². The number of hydrogen-bond acceptors (Lipinski definition) is 5. The molecule has 3 heterocycles. The molecule has 1 aromatic heterocycles. The van der Waals surface area contributed by atoms with Gasteiger partial charge in [-0.1, -0.05) is 0 Å². The average molecular weight is 420 g/mol. The summed E-state index contributed by atoms with van der Waals surface area (Å²) in [4.78, 5) is 30.3. The predicted molar refractivity (Wildman–Crippen MR) is 107 cm³/mol. The highest BCUT2D eigenvalue weighted by atomic mass is 19.1. The summed E-state index contributed by atoms with van der Waals surface area (Å²) >= 11 is 0. The van der Waals surface area contributed by atoms with Crippen LogP contribution in [0.1, 0.15) is 34.0 Å². The van der Waals surface area contributed by atoms with Gasteiger partial charge in [-0.05, 0) is 61.0 Å². The minimum atomic E-state index is -1.89. The number of benzene rings is 2. The average Bonchev–Trinajstić information content (AvgIpc) is 3.13. The number of esters is 1. The molecule has 3 aromatic rings. The van der Waals surface area contributed by atoms with E-state index in [1.54, 1.807) is 12.1 Å². The number of halogens is 2. The minimum absolute atomic E-state index is 0.122. The van der Waals surface area contributed by atoms with Crippen molar-refractivity contribution in [1.82, 2.24) is 4.98 Å². The molecule has 1 unspecified atom stereocenters. The Labute approximate surface area is 175 Å². The smallest absolute Gasteiger partial charge is 0.344 e. The molecular weight excluding hydrogens is 406 g/mol. The molecule has 6 nitrogen and oxygen atoms in total. The number of carbonyl (C=O) groups is 2. The molecule has 0 saturated carbocycles. The second-order valence-electron chi connectivity index (χ2n) is 7.44. The van der Waals surface area contributed by atoms with Crippen molar-refractivity contribution < 1.29 is 28.2 Å². The van der Waals surface area contributed by atoms with Gasteiger partial charge in [0.05, 0.1) is 23.1 Å². The topological polar surface area (TPSA) is 79.7 Å². The first-order valence-corrected chi connectivity index (χ1v) is 9.31. The minimum Gasteiger partial charge on any atom is -0.422 e. The maximum atomic E-state index is 13.7. The zero-order valence-electron chi connectivity index (χ0n) is 16.1. The van der Waals surface area contributed by atoms with E-state index in [-0.39, 0.29) is 16.9 Å². The molecule has 2 aromatic carbocycles. The second kappa shape index (κ2) is 6.55. The standard InChI is InChI=1S/C23H14F2N2O4/c1-23(30)18-9-14(25)3-5-19(18)27(22(23)29)15-6-12(10-26-11-15)7-20-16-4-2-13(24)8-17(16)21(28)31-20/h2-11,30H,1H3. The lowest BCUT2D eigenvalue weighted by molar-refractivity contribution is -0.133. The summed E-state index contributed by atoms with van der Waals surface area (Å²) in [5, 5.41) is 10.7. The molecule has 0 bridgehead atoms. The Hall–Kier alpha value is -3.91. The lowest BCUT2D eigenvalue weighted by Crippen LogP contribution is -2.35. The molecule has 2 aliphatic heterocycles. The van der Waals surface area contributed by atoms with E-state index in [4.69, 9.17) is 4.74 Å². The number of hydrogen-bond donors (Lipinski definition) is 1. The van der Waals surface area contributed by atoms with Crippen LogP contribution in [-0.2, 0) is 15.1 Å². The van der Waals surface area contributed by atoms with Crippen LogP contribution in [0.3, 0.4) is 0 Å². The molecule has 0 radical (unpaired) electrons. The van der Waals surface area contributed by atoms with Gasteiger partial charge in [0.15, 0.2) is 5.60 Å². The number of rotatable bonds is 2. The van der Waals surface area contributed by atoms with E-state index < -0.39 is 29.1 Å². The molecule has 1 atom stereocenters. The molecule has 0 spiro atoms. The summed E-state index contributed by atoms with van der Waals surface area (Å²) in [5.41, 5.74) is 0.0117. The monoisotopic (exact) mass is 420 g/mol. The number of aliphatic hydroxyl groups is 1. The van der Waals surface area contributed by atoms with E-state index in [0.29, 0.717) is 22.5 Å². The number of nitrogens with zero attached hydrogens (tertiary/aromatic N) is 2. The maximum Gasteiger partial charge on any atom is 0.344 e. The molecule has 8 heteroatoms. The Bertz CT molecular complexity index is 1320.